The van der Waals surface area contributed by atoms with Crippen LogP contribution in [0, 0.1) is 5.92 Å². The van der Waals surface area contributed by atoms with Crippen molar-refractivity contribution in [3.8, 4) is 0 Å². The third-order valence-electron chi connectivity index (χ3n) is 5.03. The second kappa shape index (κ2) is 7.75. The van der Waals surface area contributed by atoms with E-state index in [9.17, 15) is 9.90 Å². The molecule has 1 N–H and O–H groups in total. The Kier molecular flexibility index (Phi) is 5.69. The van der Waals surface area contributed by atoms with Gasteiger partial charge in [0.15, 0.2) is 0 Å². The first kappa shape index (κ1) is 16.9. The molecule has 0 saturated carbocycles. The highest BCUT2D eigenvalue weighted by atomic mass is 32.1. The largest absolute Gasteiger partial charge is 0.393 e. The van der Waals surface area contributed by atoms with E-state index in [1.807, 2.05) is 11.8 Å². The molecule has 0 aromatic carbocycles. The minimum absolute atomic E-state index is 0.243. The zero-order valence-corrected chi connectivity index (χ0v) is 14.7. The van der Waals surface area contributed by atoms with Gasteiger partial charge in [-0.25, -0.2) is 0 Å². The maximum absolute atomic E-state index is 12.5. The molecule has 5 nitrogen and oxygen atoms in total. The molecule has 1 aromatic heterocycles. The lowest BCUT2D eigenvalue weighted by molar-refractivity contribution is -0.134. The number of carbonyl (C=O) groups is 1. The minimum Gasteiger partial charge on any atom is -0.393 e. The van der Waals surface area contributed by atoms with Gasteiger partial charge in [0, 0.05) is 44.1 Å². The molecule has 2 aliphatic heterocycles. The van der Waals surface area contributed by atoms with Gasteiger partial charge in [0.25, 0.3) is 0 Å². The van der Waals surface area contributed by atoms with Gasteiger partial charge in [-0.05, 0) is 37.3 Å². The van der Waals surface area contributed by atoms with Crippen LogP contribution in [0.25, 0.3) is 0 Å². The highest BCUT2D eigenvalue weighted by Gasteiger charge is 2.29. The van der Waals surface area contributed by atoms with Crippen molar-refractivity contribution in [3.63, 3.8) is 0 Å². The molecule has 0 spiro atoms. The fraction of sp³-hybridized carbons (Fsp3) is 0.706. The summed E-state index contributed by atoms with van der Waals surface area (Å²) >= 11 is 1.80. The van der Waals surface area contributed by atoms with Crippen LogP contribution in [0.5, 0.6) is 0 Å². The van der Waals surface area contributed by atoms with E-state index in [1.54, 1.807) is 11.3 Å². The van der Waals surface area contributed by atoms with Crippen LogP contribution in [-0.2, 0) is 11.3 Å². The predicted octanol–water partition coefficient (Wildman–Crippen LogP) is 1.10. The summed E-state index contributed by atoms with van der Waals surface area (Å²) in [6, 6.07) is 4.27. The van der Waals surface area contributed by atoms with E-state index < -0.39 is 0 Å². The van der Waals surface area contributed by atoms with E-state index in [0.717, 1.165) is 52.2 Å². The first-order valence-corrected chi connectivity index (χ1v) is 9.42. The van der Waals surface area contributed by atoms with Crippen LogP contribution in [0.1, 0.15) is 18.2 Å². The number of hydrogen-bond donors (Lipinski definition) is 1. The number of rotatable bonds is 5. The average molecular weight is 337 g/mol. The molecule has 1 amide bonds. The molecule has 2 atom stereocenters. The highest BCUT2D eigenvalue weighted by Crippen LogP contribution is 2.20. The van der Waals surface area contributed by atoms with Gasteiger partial charge in [-0.2, -0.15) is 0 Å². The van der Waals surface area contributed by atoms with Crippen molar-refractivity contribution < 1.29 is 9.90 Å². The Morgan fingerprint density at radius 2 is 2.09 bits per heavy atom. The quantitative estimate of drug-likeness (QED) is 0.874. The van der Waals surface area contributed by atoms with Gasteiger partial charge < -0.3 is 10.0 Å². The predicted molar refractivity (Wildman–Crippen MR) is 92.4 cm³/mol. The van der Waals surface area contributed by atoms with Gasteiger partial charge in [-0.1, -0.05) is 6.07 Å². The number of aliphatic hydroxyl groups is 1. The third kappa shape index (κ3) is 4.53. The molecule has 23 heavy (non-hydrogen) atoms. The lowest BCUT2D eigenvalue weighted by Crippen LogP contribution is -2.50. The summed E-state index contributed by atoms with van der Waals surface area (Å²) in [7, 11) is 0. The normalized spacial score (nSPS) is 25.0. The first-order chi connectivity index (χ1) is 11.1. The first-order valence-electron chi connectivity index (χ1n) is 8.55. The topological polar surface area (TPSA) is 47.0 Å². The summed E-state index contributed by atoms with van der Waals surface area (Å²) in [4.78, 5) is 20.5. The second-order valence-corrected chi connectivity index (χ2v) is 7.79. The van der Waals surface area contributed by atoms with Gasteiger partial charge in [0.05, 0.1) is 12.6 Å². The van der Waals surface area contributed by atoms with Crippen LogP contribution in [0.15, 0.2) is 17.5 Å². The van der Waals surface area contributed by atoms with Crippen molar-refractivity contribution in [2.75, 3.05) is 45.8 Å². The maximum Gasteiger partial charge on any atom is 0.236 e. The molecular formula is C17H27N3O2S. The number of thiophene rings is 1. The summed E-state index contributed by atoms with van der Waals surface area (Å²) < 4.78 is 0. The van der Waals surface area contributed by atoms with Gasteiger partial charge in [0.2, 0.25) is 5.91 Å². The lowest BCUT2D eigenvalue weighted by atomic mass is 10.0. The summed E-state index contributed by atoms with van der Waals surface area (Å²) in [5.41, 5.74) is 0. The average Bonchev–Trinajstić information content (AvgIpc) is 3.19. The van der Waals surface area contributed by atoms with Gasteiger partial charge in [0.1, 0.15) is 0 Å². The van der Waals surface area contributed by atoms with Crippen molar-refractivity contribution in [1.29, 1.82) is 0 Å². The molecule has 1 aromatic rings. The van der Waals surface area contributed by atoms with Gasteiger partial charge >= 0.3 is 0 Å². The van der Waals surface area contributed by atoms with E-state index in [2.05, 4.69) is 27.3 Å². The number of likely N-dealkylation sites (tertiary alicyclic amines) is 1. The zero-order chi connectivity index (χ0) is 16.2. The number of piperazine rings is 1. The number of amides is 1. The summed E-state index contributed by atoms with van der Waals surface area (Å²) in [5.74, 6) is 0.567. The molecule has 2 unspecified atom stereocenters. The van der Waals surface area contributed by atoms with Crippen molar-refractivity contribution in [2.24, 2.45) is 5.92 Å². The van der Waals surface area contributed by atoms with Crippen molar-refractivity contribution >= 4 is 17.2 Å². The number of hydrogen-bond acceptors (Lipinski definition) is 5. The molecule has 128 valence electrons. The van der Waals surface area contributed by atoms with E-state index in [0.29, 0.717) is 12.5 Å². The SMILES string of the molecule is CC(O)C1CCN(CC(=O)N2CCN(Cc3cccs3)CC2)C1. The maximum atomic E-state index is 12.5. The minimum atomic E-state index is -0.268. The van der Waals surface area contributed by atoms with E-state index in [4.69, 9.17) is 0 Å². The molecule has 0 aliphatic carbocycles. The summed E-state index contributed by atoms with van der Waals surface area (Å²) in [5, 5.41) is 11.8. The molecular weight excluding hydrogens is 310 g/mol. The Balaban J connectivity index is 1.40. The molecule has 3 heterocycles. The Morgan fingerprint density at radius 3 is 2.70 bits per heavy atom. The number of aliphatic hydroxyl groups excluding tert-OH is 1. The highest BCUT2D eigenvalue weighted by molar-refractivity contribution is 7.09. The van der Waals surface area contributed by atoms with Crippen molar-refractivity contribution in [3.05, 3.63) is 22.4 Å². The second-order valence-electron chi connectivity index (χ2n) is 6.76. The van der Waals surface area contributed by atoms with Crippen LogP contribution in [0.3, 0.4) is 0 Å². The monoisotopic (exact) mass is 337 g/mol. The summed E-state index contributed by atoms with van der Waals surface area (Å²) in [6.07, 6.45) is 0.732. The molecule has 6 heteroatoms. The van der Waals surface area contributed by atoms with Crippen molar-refractivity contribution in [1.82, 2.24) is 14.7 Å². The van der Waals surface area contributed by atoms with Crippen LogP contribution in [0.4, 0.5) is 0 Å². The smallest absolute Gasteiger partial charge is 0.236 e. The van der Waals surface area contributed by atoms with Crippen LogP contribution in [-0.4, -0.2) is 77.6 Å². The molecule has 2 aliphatic rings. The Bertz CT molecular complexity index is 498. The lowest BCUT2D eigenvalue weighted by Gasteiger charge is -2.35. The van der Waals surface area contributed by atoms with Crippen molar-refractivity contribution in [2.45, 2.75) is 26.0 Å². The molecule has 0 radical (unpaired) electrons. The van der Waals surface area contributed by atoms with E-state index in [1.165, 1.54) is 4.88 Å². The third-order valence-corrected chi connectivity index (χ3v) is 5.90. The number of nitrogens with zero attached hydrogens (tertiary/aromatic N) is 3. The van der Waals surface area contributed by atoms with Crippen LogP contribution in [0.2, 0.25) is 0 Å². The Labute approximate surface area is 142 Å². The molecule has 2 fully saturated rings. The van der Waals surface area contributed by atoms with Crippen LogP contribution >= 0.6 is 11.3 Å². The fourth-order valence-corrected chi connectivity index (χ4v) is 4.22. The van der Waals surface area contributed by atoms with Crippen LogP contribution < -0.4 is 0 Å². The Morgan fingerprint density at radius 1 is 1.30 bits per heavy atom. The van der Waals surface area contributed by atoms with E-state index in [-0.39, 0.29) is 12.0 Å². The molecule has 3 rings (SSSR count). The molecule has 2 saturated heterocycles. The fourth-order valence-electron chi connectivity index (χ4n) is 3.47. The Hall–Kier alpha value is -0.950. The van der Waals surface area contributed by atoms with E-state index >= 15 is 0 Å². The number of carbonyl (C=O) groups excluding carboxylic acids is 1. The zero-order valence-electron chi connectivity index (χ0n) is 13.9. The van der Waals surface area contributed by atoms with Gasteiger partial charge in [-0.3, -0.25) is 14.6 Å². The summed E-state index contributed by atoms with van der Waals surface area (Å²) in [6.45, 7) is 8.72. The van der Waals surface area contributed by atoms with Gasteiger partial charge in [-0.15, -0.1) is 11.3 Å². The molecule has 0 bridgehead atoms. The standard InChI is InChI=1S/C17H27N3O2S/c1-14(21)15-4-5-19(11-15)13-17(22)20-8-6-18(7-9-20)12-16-3-2-10-23-16/h2-3,10,14-15,21H,4-9,11-13H2,1H3.